The molecule has 0 saturated carbocycles. The van der Waals surface area contributed by atoms with Crippen molar-refractivity contribution in [1.29, 1.82) is 0 Å². The van der Waals surface area contributed by atoms with Crippen LogP contribution < -0.4 is 5.32 Å². The standard InChI is InChI=1S/C22H22N2O/c1-2-3-13-22(25)23-15-14-19-17-24(16-18-9-5-4-6-10-18)21-12-8-7-11-20(19)21/h1,4-12,17H,3,13-16H2,(H,23,25). The lowest BCUT2D eigenvalue weighted by Crippen LogP contribution is -2.25. The molecule has 2 aromatic carbocycles. The largest absolute Gasteiger partial charge is 0.356 e. The number of hydrogen-bond acceptors (Lipinski definition) is 1. The van der Waals surface area contributed by atoms with Gasteiger partial charge in [0.05, 0.1) is 0 Å². The van der Waals surface area contributed by atoms with Crippen molar-refractivity contribution in [2.75, 3.05) is 6.54 Å². The minimum atomic E-state index is 0.0194. The summed E-state index contributed by atoms with van der Waals surface area (Å²) in [6.07, 6.45) is 9.08. The number of terminal acetylenes is 1. The molecule has 0 aliphatic heterocycles. The summed E-state index contributed by atoms with van der Waals surface area (Å²) in [7, 11) is 0. The minimum Gasteiger partial charge on any atom is -0.356 e. The number of rotatable bonds is 7. The number of hydrogen-bond donors (Lipinski definition) is 1. The van der Waals surface area contributed by atoms with Crippen molar-refractivity contribution in [3.8, 4) is 12.3 Å². The Morgan fingerprint density at radius 1 is 1.08 bits per heavy atom. The Balaban J connectivity index is 1.73. The monoisotopic (exact) mass is 330 g/mol. The SMILES string of the molecule is C#CCCC(=O)NCCc1cn(Cc2ccccc2)c2ccccc12. The van der Waals surface area contributed by atoms with Gasteiger partial charge in [-0.3, -0.25) is 4.79 Å². The molecule has 1 heterocycles. The molecular formula is C22H22N2O. The molecule has 0 fully saturated rings. The van der Waals surface area contributed by atoms with Gasteiger partial charge in [0.15, 0.2) is 0 Å². The van der Waals surface area contributed by atoms with Crippen LogP contribution in [0.5, 0.6) is 0 Å². The fourth-order valence-corrected chi connectivity index (χ4v) is 3.04. The van der Waals surface area contributed by atoms with Crippen LogP contribution >= 0.6 is 0 Å². The number of carbonyl (C=O) groups is 1. The lowest BCUT2D eigenvalue weighted by atomic mass is 10.1. The smallest absolute Gasteiger partial charge is 0.220 e. The second-order valence-electron chi connectivity index (χ2n) is 6.09. The Bertz CT molecular complexity index is 887. The first-order valence-electron chi connectivity index (χ1n) is 8.59. The molecule has 0 unspecified atom stereocenters. The van der Waals surface area contributed by atoms with E-state index in [1.807, 2.05) is 6.07 Å². The van der Waals surface area contributed by atoms with Gasteiger partial charge >= 0.3 is 0 Å². The van der Waals surface area contributed by atoms with Crippen LogP contribution in [0, 0.1) is 12.3 Å². The number of fused-ring (bicyclic) bond motifs is 1. The first kappa shape index (κ1) is 16.9. The number of amides is 1. The van der Waals surface area contributed by atoms with Crippen molar-refractivity contribution in [3.05, 3.63) is 71.9 Å². The van der Waals surface area contributed by atoms with Gasteiger partial charge in [0, 0.05) is 43.0 Å². The number of carbonyl (C=O) groups excluding carboxylic acids is 1. The van der Waals surface area contributed by atoms with Crippen molar-refractivity contribution in [3.63, 3.8) is 0 Å². The van der Waals surface area contributed by atoms with Gasteiger partial charge < -0.3 is 9.88 Å². The van der Waals surface area contributed by atoms with E-state index in [9.17, 15) is 4.79 Å². The first-order chi connectivity index (χ1) is 12.3. The van der Waals surface area contributed by atoms with Crippen LogP contribution in [0.15, 0.2) is 60.8 Å². The quantitative estimate of drug-likeness (QED) is 0.658. The first-order valence-corrected chi connectivity index (χ1v) is 8.59. The van der Waals surface area contributed by atoms with Crippen LogP contribution in [0.25, 0.3) is 10.9 Å². The Morgan fingerprint density at radius 2 is 1.84 bits per heavy atom. The highest BCUT2D eigenvalue weighted by atomic mass is 16.1. The lowest BCUT2D eigenvalue weighted by molar-refractivity contribution is -0.120. The van der Waals surface area contributed by atoms with Crippen LogP contribution in [0.4, 0.5) is 0 Å². The fourth-order valence-electron chi connectivity index (χ4n) is 3.04. The van der Waals surface area contributed by atoms with Crippen LogP contribution in [-0.4, -0.2) is 17.0 Å². The Labute approximate surface area is 148 Å². The summed E-state index contributed by atoms with van der Waals surface area (Å²) < 4.78 is 2.28. The van der Waals surface area contributed by atoms with Crippen molar-refractivity contribution < 1.29 is 4.79 Å². The van der Waals surface area contributed by atoms with E-state index in [0.717, 1.165) is 13.0 Å². The summed E-state index contributed by atoms with van der Waals surface area (Å²) in [5.41, 5.74) is 3.75. The van der Waals surface area contributed by atoms with E-state index in [1.165, 1.54) is 22.0 Å². The summed E-state index contributed by atoms with van der Waals surface area (Å²) in [4.78, 5) is 11.7. The Hall–Kier alpha value is -2.99. The third kappa shape index (κ3) is 4.30. The zero-order valence-electron chi connectivity index (χ0n) is 14.2. The fraction of sp³-hybridized carbons (Fsp3) is 0.227. The predicted octanol–water partition coefficient (Wildman–Crippen LogP) is 3.76. The number of benzene rings is 2. The maximum absolute atomic E-state index is 11.7. The van der Waals surface area contributed by atoms with Gasteiger partial charge in [-0.15, -0.1) is 12.3 Å². The molecule has 126 valence electrons. The van der Waals surface area contributed by atoms with Gasteiger partial charge in [0.1, 0.15) is 0 Å². The molecule has 0 aliphatic rings. The van der Waals surface area contributed by atoms with Gasteiger partial charge in [-0.1, -0.05) is 48.5 Å². The van der Waals surface area contributed by atoms with Crippen molar-refractivity contribution >= 4 is 16.8 Å². The van der Waals surface area contributed by atoms with E-state index in [4.69, 9.17) is 6.42 Å². The van der Waals surface area contributed by atoms with Crippen molar-refractivity contribution in [1.82, 2.24) is 9.88 Å². The second kappa shape index (κ2) is 8.21. The molecule has 0 saturated heterocycles. The summed E-state index contributed by atoms with van der Waals surface area (Å²) in [6, 6.07) is 18.9. The average Bonchev–Trinajstić information content (AvgIpc) is 2.99. The molecule has 0 spiro atoms. The number of nitrogens with one attached hydrogen (secondary N) is 1. The van der Waals surface area contributed by atoms with Gasteiger partial charge in [-0.05, 0) is 23.6 Å². The molecule has 0 bridgehead atoms. The molecule has 1 amide bonds. The maximum atomic E-state index is 11.7. The van der Waals surface area contributed by atoms with Crippen molar-refractivity contribution in [2.24, 2.45) is 0 Å². The molecule has 3 nitrogen and oxygen atoms in total. The molecule has 0 atom stereocenters. The van der Waals surface area contributed by atoms with Crippen LogP contribution in [0.3, 0.4) is 0 Å². The molecule has 3 rings (SSSR count). The molecule has 3 heteroatoms. The third-order valence-corrected chi connectivity index (χ3v) is 4.28. The molecule has 1 N–H and O–H groups in total. The molecule has 0 aliphatic carbocycles. The number of aromatic nitrogens is 1. The van der Waals surface area contributed by atoms with Gasteiger partial charge in [-0.2, -0.15) is 0 Å². The summed E-state index contributed by atoms with van der Waals surface area (Å²) >= 11 is 0. The van der Waals surface area contributed by atoms with Gasteiger partial charge in [-0.25, -0.2) is 0 Å². The van der Waals surface area contributed by atoms with Crippen LogP contribution in [0.1, 0.15) is 24.0 Å². The highest BCUT2D eigenvalue weighted by Gasteiger charge is 2.09. The summed E-state index contributed by atoms with van der Waals surface area (Å²) in [5.74, 6) is 2.51. The molecule has 1 aromatic heterocycles. The third-order valence-electron chi connectivity index (χ3n) is 4.28. The zero-order chi connectivity index (χ0) is 17.5. The molecule has 0 radical (unpaired) electrons. The Morgan fingerprint density at radius 3 is 2.64 bits per heavy atom. The second-order valence-corrected chi connectivity index (χ2v) is 6.09. The van der Waals surface area contributed by atoms with E-state index in [0.29, 0.717) is 19.4 Å². The number of nitrogens with zero attached hydrogens (tertiary/aromatic N) is 1. The van der Waals surface area contributed by atoms with E-state index >= 15 is 0 Å². The predicted molar refractivity (Wildman–Crippen MR) is 102 cm³/mol. The average molecular weight is 330 g/mol. The van der Waals surface area contributed by atoms with Gasteiger partial charge in [0.25, 0.3) is 0 Å². The normalized spacial score (nSPS) is 10.5. The summed E-state index contributed by atoms with van der Waals surface area (Å²) in [6.45, 7) is 1.47. The number of para-hydroxylation sites is 1. The molecular weight excluding hydrogens is 308 g/mol. The van der Waals surface area contributed by atoms with E-state index in [2.05, 4.69) is 70.5 Å². The lowest BCUT2D eigenvalue weighted by Gasteiger charge is -2.05. The van der Waals surface area contributed by atoms with Crippen LogP contribution in [-0.2, 0) is 17.8 Å². The topological polar surface area (TPSA) is 34.0 Å². The highest BCUT2D eigenvalue weighted by molar-refractivity contribution is 5.84. The minimum absolute atomic E-state index is 0.0194. The van der Waals surface area contributed by atoms with Crippen molar-refractivity contribution in [2.45, 2.75) is 25.8 Å². The maximum Gasteiger partial charge on any atom is 0.220 e. The summed E-state index contributed by atoms with van der Waals surface area (Å²) in [5, 5.41) is 4.19. The molecule has 3 aromatic rings. The molecule has 25 heavy (non-hydrogen) atoms. The van der Waals surface area contributed by atoms with Gasteiger partial charge in [0.2, 0.25) is 5.91 Å². The Kier molecular flexibility index (Phi) is 5.53. The van der Waals surface area contributed by atoms with E-state index in [1.54, 1.807) is 0 Å². The van der Waals surface area contributed by atoms with E-state index < -0.39 is 0 Å². The van der Waals surface area contributed by atoms with Crippen LogP contribution in [0.2, 0.25) is 0 Å². The van der Waals surface area contributed by atoms with E-state index in [-0.39, 0.29) is 5.91 Å². The highest BCUT2D eigenvalue weighted by Crippen LogP contribution is 2.22. The zero-order valence-corrected chi connectivity index (χ0v) is 14.2.